The number of hydrogen-bond donors (Lipinski definition) is 2. The number of hydrogen-bond acceptors (Lipinski definition) is 6. The van der Waals surface area contributed by atoms with Crippen molar-refractivity contribution < 1.29 is 33.6 Å². The second-order valence-corrected chi connectivity index (χ2v) is 5.05. The topological polar surface area (TPSA) is 103 Å². The molecular formula is C18H19NO7. The SMILES string of the molecule is COc1cc(NC(=O)COc2ccccc2OC)c(C(=O)O)cc1OC. The number of carbonyl (C=O) groups excluding carboxylic acids is 1. The minimum absolute atomic E-state index is 0.0729. The third-order valence-corrected chi connectivity index (χ3v) is 3.46. The van der Waals surface area contributed by atoms with Crippen molar-refractivity contribution in [2.75, 3.05) is 33.3 Å². The largest absolute Gasteiger partial charge is 0.493 e. The lowest BCUT2D eigenvalue weighted by atomic mass is 10.1. The molecular weight excluding hydrogens is 342 g/mol. The van der Waals surface area contributed by atoms with Gasteiger partial charge >= 0.3 is 5.97 Å². The molecule has 0 aromatic heterocycles. The lowest BCUT2D eigenvalue weighted by Gasteiger charge is -2.14. The van der Waals surface area contributed by atoms with Gasteiger partial charge in [0.1, 0.15) is 0 Å². The van der Waals surface area contributed by atoms with Crippen LogP contribution in [-0.4, -0.2) is 44.9 Å². The molecule has 2 aromatic carbocycles. The average Bonchev–Trinajstić information content (AvgIpc) is 2.65. The summed E-state index contributed by atoms with van der Waals surface area (Å²) in [7, 11) is 4.29. The number of carboxylic acids is 1. The smallest absolute Gasteiger partial charge is 0.337 e. The lowest BCUT2D eigenvalue weighted by molar-refractivity contribution is -0.118. The van der Waals surface area contributed by atoms with E-state index in [1.54, 1.807) is 24.3 Å². The first-order valence-electron chi connectivity index (χ1n) is 7.55. The lowest BCUT2D eigenvalue weighted by Crippen LogP contribution is -2.22. The molecule has 0 fully saturated rings. The summed E-state index contributed by atoms with van der Waals surface area (Å²) in [5.41, 5.74) is -0.0583. The minimum atomic E-state index is -1.22. The molecule has 2 aromatic rings. The van der Waals surface area contributed by atoms with Gasteiger partial charge in [-0.05, 0) is 12.1 Å². The second-order valence-electron chi connectivity index (χ2n) is 5.05. The van der Waals surface area contributed by atoms with Gasteiger partial charge in [-0.1, -0.05) is 12.1 Å². The van der Waals surface area contributed by atoms with Gasteiger partial charge in [-0.15, -0.1) is 0 Å². The average molecular weight is 361 g/mol. The number of carbonyl (C=O) groups is 2. The first kappa shape index (κ1) is 18.9. The third kappa shape index (κ3) is 4.35. The Kier molecular flexibility index (Phi) is 6.26. The number of para-hydroxylation sites is 2. The van der Waals surface area contributed by atoms with Crippen LogP contribution in [0.4, 0.5) is 5.69 Å². The minimum Gasteiger partial charge on any atom is -0.493 e. The monoisotopic (exact) mass is 361 g/mol. The molecule has 8 nitrogen and oxygen atoms in total. The number of amides is 1. The molecule has 2 N–H and O–H groups in total. The quantitative estimate of drug-likeness (QED) is 0.744. The van der Waals surface area contributed by atoms with Crippen molar-refractivity contribution in [3.63, 3.8) is 0 Å². The number of carboxylic acid groups (broad SMARTS) is 1. The highest BCUT2D eigenvalue weighted by Crippen LogP contribution is 2.33. The summed E-state index contributed by atoms with van der Waals surface area (Å²) in [4.78, 5) is 23.6. The molecule has 8 heteroatoms. The van der Waals surface area contributed by atoms with E-state index in [4.69, 9.17) is 18.9 Å². The Morgan fingerprint density at radius 2 is 1.50 bits per heavy atom. The van der Waals surface area contributed by atoms with Crippen LogP contribution in [0.15, 0.2) is 36.4 Å². The van der Waals surface area contributed by atoms with Crippen molar-refractivity contribution >= 4 is 17.6 Å². The van der Waals surface area contributed by atoms with E-state index in [-0.39, 0.29) is 23.6 Å². The number of anilines is 1. The van der Waals surface area contributed by atoms with Crippen LogP contribution in [0.5, 0.6) is 23.0 Å². The van der Waals surface area contributed by atoms with E-state index < -0.39 is 11.9 Å². The Labute approximate surface area is 150 Å². The third-order valence-electron chi connectivity index (χ3n) is 3.46. The van der Waals surface area contributed by atoms with Crippen LogP contribution in [0, 0.1) is 0 Å². The molecule has 0 unspecified atom stereocenters. The zero-order chi connectivity index (χ0) is 19.1. The van der Waals surface area contributed by atoms with Crippen LogP contribution < -0.4 is 24.3 Å². The first-order valence-corrected chi connectivity index (χ1v) is 7.55. The van der Waals surface area contributed by atoms with E-state index in [0.29, 0.717) is 17.2 Å². The van der Waals surface area contributed by atoms with E-state index in [0.717, 1.165) is 0 Å². The standard InChI is InChI=1S/C18H19NO7/c1-23-13-6-4-5-7-14(13)26-10-17(20)19-12-9-16(25-3)15(24-2)8-11(12)18(21)22/h4-9H,10H2,1-3H3,(H,19,20)(H,21,22). The van der Waals surface area contributed by atoms with Gasteiger partial charge in [-0.3, -0.25) is 4.79 Å². The number of rotatable bonds is 8. The highest BCUT2D eigenvalue weighted by Gasteiger charge is 2.18. The maximum Gasteiger partial charge on any atom is 0.337 e. The molecule has 0 bridgehead atoms. The maximum absolute atomic E-state index is 12.2. The Bertz CT molecular complexity index is 804. The molecule has 0 aliphatic heterocycles. The summed E-state index contributed by atoms with van der Waals surface area (Å²) in [6.07, 6.45) is 0. The fourth-order valence-electron chi connectivity index (χ4n) is 2.23. The summed E-state index contributed by atoms with van der Waals surface area (Å²) >= 11 is 0. The van der Waals surface area contributed by atoms with Crippen LogP contribution >= 0.6 is 0 Å². The predicted octanol–water partition coefficient (Wildman–Crippen LogP) is 2.43. The molecule has 0 spiro atoms. The number of methoxy groups -OCH3 is 3. The van der Waals surface area contributed by atoms with Gasteiger partial charge in [0.2, 0.25) is 0 Å². The van der Waals surface area contributed by atoms with Gasteiger partial charge in [0, 0.05) is 12.1 Å². The molecule has 0 atom stereocenters. The number of aromatic carboxylic acids is 1. The van der Waals surface area contributed by atoms with E-state index in [9.17, 15) is 14.7 Å². The van der Waals surface area contributed by atoms with Crippen molar-refractivity contribution in [1.82, 2.24) is 0 Å². The van der Waals surface area contributed by atoms with Crippen LogP contribution in [0.25, 0.3) is 0 Å². The Hall–Kier alpha value is -3.42. The van der Waals surface area contributed by atoms with Crippen LogP contribution in [0.1, 0.15) is 10.4 Å². The highest BCUT2D eigenvalue weighted by atomic mass is 16.5. The fraction of sp³-hybridized carbons (Fsp3) is 0.222. The zero-order valence-corrected chi connectivity index (χ0v) is 14.6. The first-order chi connectivity index (χ1) is 12.5. The van der Waals surface area contributed by atoms with Crippen LogP contribution in [0.2, 0.25) is 0 Å². The van der Waals surface area contributed by atoms with Gasteiger partial charge in [-0.25, -0.2) is 4.79 Å². The Balaban J connectivity index is 2.16. The van der Waals surface area contributed by atoms with Crippen molar-refractivity contribution in [2.24, 2.45) is 0 Å². The zero-order valence-electron chi connectivity index (χ0n) is 14.6. The van der Waals surface area contributed by atoms with E-state index in [1.165, 1.54) is 33.5 Å². The summed E-state index contributed by atoms with van der Waals surface area (Å²) in [5.74, 6) is -0.335. The van der Waals surface area contributed by atoms with Crippen LogP contribution in [-0.2, 0) is 4.79 Å². The summed E-state index contributed by atoms with van der Waals surface area (Å²) in [5, 5.41) is 11.8. The molecule has 0 heterocycles. The maximum atomic E-state index is 12.2. The normalized spacial score (nSPS) is 9.96. The van der Waals surface area contributed by atoms with Crippen molar-refractivity contribution in [1.29, 1.82) is 0 Å². The molecule has 1 amide bonds. The van der Waals surface area contributed by atoms with Crippen molar-refractivity contribution in [3.8, 4) is 23.0 Å². The molecule has 0 aliphatic rings. The highest BCUT2D eigenvalue weighted by molar-refractivity contribution is 6.01. The number of nitrogens with one attached hydrogen (secondary N) is 1. The molecule has 0 saturated carbocycles. The Morgan fingerprint density at radius 1 is 0.923 bits per heavy atom. The summed E-state index contributed by atoms with van der Waals surface area (Å²) < 4.78 is 20.8. The van der Waals surface area contributed by atoms with Gasteiger partial charge in [0.25, 0.3) is 5.91 Å². The van der Waals surface area contributed by atoms with Gasteiger partial charge in [0.15, 0.2) is 29.6 Å². The molecule has 138 valence electrons. The van der Waals surface area contributed by atoms with Gasteiger partial charge < -0.3 is 29.4 Å². The fourth-order valence-corrected chi connectivity index (χ4v) is 2.23. The van der Waals surface area contributed by atoms with E-state index in [2.05, 4.69) is 5.32 Å². The summed E-state index contributed by atoms with van der Waals surface area (Å²) in [6.45, 7) is -0.326. The van der Waals surface area contributed by atoms with E-state index in [1.807, 2.05) is 0 Å². The molecule has 26 heavy (non-hydrogen) atoms. The summed E-state index contributed by atoms with van der Waals surface area (Å²) in [6, 6.07) is 9.53. The molecule has 2 rings (SSSR count). The molecule has 0 saturated heterocycles. The van der Waals surface area contributed by atoms with Crippen molar-refractivity contribution in [3.05, 3.63) is 42.0 Å². The van der Waals surface area contributed by atoms with Crippen molar-refractivity contribution in [2.45, 2.75) is 0 Å². The Morgan fingerprint density at radius 3 is 2.08 bits per heavy atom. The number of ether oxygens (including phenoxy) is 4. The van der Waals surface area contributed by atoms with Gasteiger partial charge in [0.05, 0.1) is 32.6 Å². The molecule has 0 radical (unpaired) electrons. The second kappa shape index (κ2) is 8.61. The van der Waals surface area contributed by atoms with E-state index >= 15 is 0 Å². The predicted molar refractivity (Wildman–Crippen MR) is 93.6 cm³/mol. The molecule has 0 aliphatic carbocycles. The van der Waals surface area contributed by atoms with Crippen LogP contribution in [0.3, 0.4) is 0 Å². The number of benzene rings is 2. The van der Waals surface area contributed by atoms with Gasteiger partial charge in [-0.2, -0.15) is 0 Å².